The van der Waals surface area contributed by atoms with Gasteiger partial charge in [-0.15, -0.1) is 0 Å². The van der Waals surface area contributed by atoms with Gasteiger partial charge in [0.05, 0.1) is 6.10 Å². The number of rotatable bonds is 4. The van der Waals surface area contributed by atoms with Crippen LogP contribution >= 0.6 is 0 Å². The zero-order chi connectivity index (χ0) is 13.8. The highest BCUT2D eigenvalue weighted by Gasteiger charge is 2.10. The van der Waals surface area contributed by atoms with Crippen molar-refractivity contribution in [2.24, 2.45) is 0 Å². The van der Waals surface area contributed by atoms with E-state index in [1.807, 2.05) is 13.8 Å². The smallest absolute Gasteiger partial charge is 0.322 e. The molecular formula is C13H15FN4O. The van der Waals surface area contributed by atoms with Crippen molar-refractivity contribution in [2.45, 2.75) is 20.0 Å². The number of nitrogens with one attached hydrogen (secondary N) is 1. The molecule has 5 nitrogen and oxygen atoms in total. The zero-order valence-corrected chi connectivity index (χ0v) is 11.0. The van der Waals surface area contributed by atoms with Crippen molar-refractivity contribution in [3.8, 4) is 17.4 Å². The van der Waals surface area contributed by atoms with Gasteiger partial charge < -0.3 is 10.1 Å². The fourth-order valence-corrected chi connectivity index (χ4v) is 1.49. The minimum Gasteiger partial charge on any atom is -0.461 e. The molecule has 0 atom stereocenters. The van der Waals surface area contributed by atoms with Gasteiger partial charge in [-0.25, -0.2) is 4.39 Å². The number of hydrogen-bond donors (Lipinski definition) is 1. The number of ether oxygens (including phenoxy) is 1. The van der Waals surface area contributed by atoms with Gasteiger partial charge in [0.2, 0.25) is 5.95 Å². The van der Waals surface area contributed by atoms with Crippen LogP contribution in [-0.4, -0.2) is 28.1 Å². The summed E-state index contributed by atoms with van der Waals surface area (Å²) in [5.74, 6) is 0.412. The summed E-state index contributed by atoms with van der Waals surface area (Å²) in [5, 5.41) is 2.83. The van der Waals surface area contributed by atoms with Crippen LogP contribution in [0.4, 0.5) is 10.3 Å². The van der Waals surface area contributed by atoms with Crippen LogP contribution in [0.25, 0.3) is 11.4 Å². The molecule has 1 aromatic heterocycles. The molecule has 0 aliphatic carbocycles. The first-order valence-electron chi connectivity index (χ1n) is 5.95. The van der Waals surface area contributed by atoms with Gasteiger partial charge in [-0.2, -0.15) is 15.0 Å². The van der Waals surface area contributed by atoms with Crippen molar-refractivity contribution in [1.29, 1.82) is 0 Å². The summed E-state index contributed by atoms with van der Waals surface area (Å²) in [6.07, 6.45) is -0.0486. The first kappa shape index (κ1) is 13.2. The lowest BCUT2D eigenvalue weighted by Crippen LogP contribution is -2.11. The molecule has 0 aliphatic rings. The zero-order valence-electron chi connectivity index (χ0n) is 11.0. The third kappa shape index (κ3) is 3.37. The second-order valence-corrected chi connectivity index (χ2v) is 4.19. The van der Waals surface area contributed by atoms with Gasteiger partial charge in [0, 0.05) is 12.6 Å². The molecule has 1 aromatic carbocycles. The molecule has 6 heteroatoms. The van der Waals surface area contributed by atoms with Gasteiger partial charge in [0.15, 0.2) is 5.82 Å². The topological polar surface area (TPSA) is 59.9 Å². The van der Waals surface area contributed by atoms with Crippen LogP contribution in [0.15, 0.2) is 24.3 Å². The van der Waals surface area contributed by atoms with E-state index in [0.717, 1.165) is 0 Å². The maximum atomic E-state index is 13.2. The summed E-state index contributed by atoms with van der Waals surface area (Å²) in [5.41, 5.74) is 0.576. The predicted molar refractivity (Wildman–Crippen MR) is 70.5 cm³/mol. The van der Waals surface area contributed by atoms with Crippen molar-refractivity contribution in [3.63, 3.8) is 0 Å². The minimum atomic E-state index is -0.338. The highest BCUT2D eigenvalue weighted by atomic mass is 19.1. The molecule has 0 saturated heterocycles. The van der Waals surface area contributed by atoms with Crippen LogP contribution < -0.4 is 10.1 Å². The quantitative estimate of drug-likeness (QED) is 0.917. The summed E-state index contributed by atoms with van der Waals surface area (Å²) >= 11 is 0. The van der Waals surface area contributed by atoms with Crippen LogP contribution in [0.5, 0.6) is 6.01 Å². The maximum Gasteiger partial charge on any atom is 0.322 e. The maximum absolute atomic E-state index is 13.2. The van der Waals surface area contributed by atoms with Gasteiger partial charge in [-0.1, -0.05) is 12.1 Å². The molecule has 0 spiro atoms. The third-order valence-electron chi connectivity index (χ3n) is 2.26. The average molecular weight is 262 g/mol. The lowest BCUT2D eigenvalue weighted by atomic mass is 10.2. The van der Waals surface area contributed by atoms with Crippen molar-refractivity contribution in [2.75, 3.05) is 12.4 Å². The second-order valence-electron chi connectivity index (χ2n) is 4.19. The summed E-state index contributed by atoms with van der Waals surface area (Å²) < 4.78 is 18.7. The first-order valence-corrected chi connectivity index (χ1v) is 5.95. The molecule has 1 N–H and O–H groups in total. The van der Waals surface area contributed by atoms with Gasteiger partial charge in [0.25, 0.3) is 0 Å². The van der Waals surface area contributed by atoms with Crippen LogP contribution in [-0.2, 0) is 0 Å². The Bertz CT molecular complexity index is 574. The predicted octanol–water partition coefficient (Wildman–Crippen LogP) is 2.51. The van der Waals surface area contributed by atoms with Crippen molar-refractivity contribution in [3.05, 3.63) is 30.1 Å². The van der Waals surface area contributed by atoms with Crippen molar-refractivity contribution in [1.82, 2.24) is 15.0 Å². The Balaban J connectivity index is 2.44. The van der Waals surface area contributed by atoms with E-state index in [9.17, 15) is 4.39 Å². The van der Waals surface area contributed by atoms with E-state index in [2.05, 4.69) is 20.3 Å². The fraction of sp³-hybridized carbons (Fsp3) is 0.308. The van der Waals surface area contributed by atoms with Gasteiger partial charge in [-0.05, 0) is 26.0 Å². The lowest BCUT2D eigenvalue weighted by Gasteiger charge is -2.10. The van der Waals surface area contributed by atoms with Crippen molar-refractivity contribution < 1.29 is 9.13 Å². The largest absolute Gasteiger partial charge is 0.461 e. The molecule has 1 heterocycles. The van der Waals surface area contributed by atoms with E-state index in [4.69, 9.17) is 4.74 Å². The van der Waals surface area contributed by atoms with E-state index in [1.165, 1.54) is 12.1 Å². The summed E-state index contributed by atoms with van der Waals surface area (Å²) in [7, 11) is 1.70. The van der Waals surface area contributed by atoms with E-state index in [1.54, 1.807) is 19.2 Å². The van der Waals surface area contributed by atoms with E-state index >= 15 is 0 Å². The highest BCUT2D eigenvalue weighted by molar-refractivity contribution is 5.56. The van der Waals surface area contributed by atoms with Crippen molar-refractivity contribution >= 4 is 5.95 Å². The Hall–Kier alpha value is -2.24. The van der Waals surface area contributed by atoms with Gasteiger partial charge in [0.1, 0.15) is 5.82 Å². The van der Waals surface area contributed by atoms with Crippen LogP contribution in [0.1, 0.15) is 13.8 Å². The SMILES string of the molecule is CNc1nc(OC(C)C)nc(-c2cccc(F)c2)n1. The number of nitrogens with zero attached hydrogens (tertiary/aromatic N) is 3. The summed E-state index contributed by atoms with van der Waals surface area (Å²) in [6.45, 7) is 3.76. The number of aromatic nitrogens is 3. The summed E-state index contributed by atoms with van der Waals surface area (Å²) in [6, 6.07) is 6.30. The molecule has 0 aliphatic heterocycles. The Morgan fingerprint density at radius 1 is 1.21 bits per heavy atom. The molecule has 2 aromatic rings. The van der Waals surface area contributed by atoms with E-state index < -0.39 is 0 Å². The normalized spacial score (nSPS) is 10.6. The molecule has 19 heavy (non-hydrogen) atoms. The number of hydrogen-bond acceptors (Lipinski definition) is 5. The van der Waals surface area contributed by atoms with E-state index in [-0.39, 0.29) is 17.9 Å². The first-order chi connectivity index (χ1) is 9.08. The molecule has 0 saturated carbocycles. The highest BCUT2D eigenvalue weighted by Crippen LogP contribution is 2.19. The molecular weight excluding hydrogens is 247 g/mol. The molecule has 0 radical (unpaired) electrons. The minimum absolute atomic E-state index is 0.0486. The summed E-state index contributed by atoms with van der Waals surface area (Å²) in [4.78, 5) is 12.5. The van der Waals surface area contributed by atoms with Gasteiger partial charge >= 0.3 is 6.01 Å². The molecule has 0 bridgehead atoms. The van der Waals surface area contributed by atoms with Crippen LogP contribution in [0.3, 0.4) is 0 Å². The average Bonchev–Trinajstić information content (AvgIpc) is 2.37. The monoisotopic (exact) mass is 262 g/mol. The molecule has 0 unspecified atom stereocenters. The third-order valence-corrected chi connectivity index (χ3v) is 2.26. The van der Waals surface area contributed by atoms with Crippen LogP contribution in [0.2, 0.25) is 0 Å². The van der Waals surface area contributed by atoms with Crippen LogP contribution in [0, 0.1) is 5.82 Å². The van der Waals surface area contributed by atoms with E-state index in [0.29, 0.717) is 17.3 Å². The molecule has 100 valence electrons. The molecule has 0 fully saturated rings. The Morgan fingerprint density at radius 3 is 2.63 bits per heavy atom. The lowest BCUT2D eigenvalue weighted by molar-refractivity contribution is 0.222. The fourth-order valence-electron chi connectivity index (χ4n) is 1.49. The molecule has 2 rings (SSSR count). The Morgan fingerprint density at radius 2 is 2.00 bits per heavy atom. The van der Waals surface area contributed by atoms with Gasteiger partial charge in [-0.3, -0.25) is 0 Å². The standard InChI is InChI=1S/C13H15FN4O/c1-8(2)19-13-17-11(16-12(15-3)18-13)9-5-4-6-10(14)7-9/h4-8H,1-3H3,(H,15,16,17,18). The Kier molecular flexibility index (Phi) is 3.89. The Labute approximate surface area is 110 Å². The number of benzene rings is 1. The number of anilines is 1. The molecule has 0 amide bonds. The number of halogens is 1. The second kappa shape index (κ2) is 5.60.